The lowest BCUT2D eigenvalue weighted by Crippen LogP contribution is -2.05. The first-order valence-corrected chi connectivity index (χ1v) is 6.88. The van der Waals surface area contributed by atoms with Crippen molar-refractivity contribution >= 4 is 23.8 Å². The second-order valence-electron chi connectivity index (χ2n) is 3.68. The predicted molar refractivity (Wildman–Crippen MR) is 75.1 cm³/mol. The molecule has 7 heteroatoms. The van der Waals surface area contributed by atoms with Gasteiger partial charge in [-0.25, -0.2) is 14.8 Å². The third kappa shape index (κ3) is 4.19. The molecule has 0 spiro atoms. The summed E-state index contributed by atoms with van der Waals surface area (Å²) in [6.45, 7) is 1.89. The topological polar surface area (TPSA) is 89.0 Å². The van der Waals surface area contributed by atoms with Gasteiger partial charge in [0.1, 0.15) is 17.4 Å². The molecule has 0 radical (unpaired) electrons. The maximum absolute atomic E-state index is 11.5. The van der Waals surface area contributed by atoms with Gasteiger partial charge in [-0.1, -0.05) is 0 Å². The largest absolute Gasteiger partial charge is 0.462 e. The van der Waals surface area contributed by atoms with Gasteiger partial charge in [0, 0.05) is 18.5 Å². The number of carbonyl (C=O) groups excluding carboxylic acids is 1. The SMILES string of the molecule is CCOC(=O)/C(C#N)=C/c1ccc(Sc2ncccn2)o1. The lowest BCUT2D eigenvalue weighted by Gasteiger charge is -1.98. The molecule has 6 nitrogen and oxygen atoms in total. The van der Waals surface area contributed by atoms with E-state index < -0.39 is 5.97 Å². The van der Waals surface area contributed by atoms with Crippen molar-refractivity contribution in [3.63, 3.8) is 0 Å². The number of ether oxygens (including phenoxy) is 1. The highest BCUT2D eigenvalue weighted by molar-refractivity contribution is 7.99. The minimum atomic E-state index is -0.669. The third-order valence-corrected chi connectivity index (χ3v) is 3.05. The Morgan fingerprint density at radius 3 is 2.90 bits per heavy atom. The average Bonchev–Trinajstić information content (AvgIpc) is 2.93. The van der Waals surface area contributed by atoms with E-state index in [4.69, 9.17) is 14.4 Å². The summed E-state index contributed by atoms with van der Waals surface area (Å²) in [7, 11) is 0. The molecule has 0 bridgehead atoms. The molecule has 2 rings (SSSR count). The third-order valence-electron chi connectivity index (χ3n) is 2.24. The Balaban J connectivity index is 2.12. The molecule has 0 aliphatic heterocycles. The molecule has 2 aromatic heterocycles. The van der Waals surface area contributed by atoms with E-state index in [9.17, 15) is 4.79 Å². The highest BCUT2D eigenvalue weighted by Crippen LogP contribution is 2.26. The summed E-state index contributed by atoms with van der Waals surface area (Å²) in [4.78, 5) is 19.6. The number of esters is 1. The van der Waals surface area contributed by atoms with Crippen LogP contribution in [0.3, 0.4) is 0 Å². The van der Waals surface area contributed by atoms with Gasteiger partial charge in [0.2, 0.25) is 0 Å². The lowest BCUT2D eigenvalue weighted by molar-refractivity contribution is -0.137. The van der Waals surface area contributed by atoms with Gasteiger partial charge in [0.15, 0.2) is 10.2 Å². The monoisotopic (exact) mass is 301 g/mol. The van der Waals surface area contributed by atoms with Crippen molar-refractivity contribution in [3.8, 4) is 6.07 Å². The Labute approximate surface area is 125 Å². The Kier molecular flexibility index (Phi) is 5.12. The van der Waals surface area contributed by atoms with Gasteiger partial charge in [0.05, 0.1) is 6.61 Å². The van der Waals surface area contributed by atoms with E-state index >= 15 is 0 Å². The number of nitrogens with zero attached hydrogens (tertiary/aromatic N) is 3. The molecule has 0 fully saturated rings. The molecule has 106 valence electrons. The fraction of sp³-hybridized carbons (Fsp3) is 0.143. The van der Waals surface area contributed by atoms with E-state index in [0.717, 1.165) is 0 Å². The van der Waals surface area contributed by atoms with E-state index in [1.165, 1.54) is 17.8 Å². The van der Waals surface area contributed by atoms with Crippen molar-refractivity contribution in [2.24, 2.45) is 0 Å². The fourth-order valence-electron chi connectivity index (χ4n) is 1.38. The number of hydrogen-bond acceptors (Lipinski definition) is 7. The molecule has 0 saturated carbocycles. The van der Waals surface area contributed by atoms with Gasteiger partial charge in [-0.05, 0) is 36.9 Å². The number of aromatic nitrogens is 2. The molecular weight excluding hydrogens is 290 g/mol. The van der Waals surface area contributed by atoms with E-state index in [1.807, 2.05) is 0 Å². The summed E-state index contributed by atoms with van der Waals surface area (Å²) in [5.41, 5.74) is -0.112. The zero-order valence-electron chi connectivity index (χ0n) is 11.1. The van der Waals surface area contributed by atoms with Crippen LogP contribution in [0, 0.1) is 11.3 Å². The van der Waals surface area contributed by atoms with Crippen LogP contribution in [0.4, 0.5) is 0 Å². The van der Waals surface area contributed by atoms with E-state index in [-0.39, 0.29) is 12.2 Å². The number of carbonyl (C=O) groups is 1. The van der Waals surface area contributed by atoms with E-state index in [2.05, 4.69) is 9.97 Å². The maximum Gasteiger partial charge on any atom is 0.349 e. The zero-order chi connectivity index (χ0) is 15.1. The Hall–Kier alpha value is -2.59. The van der Waals surface area contributed by atoms with E-state index in [1.54, 1.807) is 43.6 Å². The number of rotatable bonds is 5. The molecule has 21 heavy (non-hydrogen) atoms. The lowest BCUT2D eigenvalue weighted by atomic mass is 10.2. The summed E-state index contributed by atoms with van der Waals surface area (Å²) in [6, 6.07) is 6.88. The summed E-state index contributed by atoms with van der Waals surface area (Å²) in [5.74, 6) is -0.282. The molecule has 0 aromatic carbocycles. The van der Waals surface area contributed by atoms with Crippen LogP contribution in [0.5, 0.6) is 0 Å². The van der Waals surface area contributed by atoms with Crippen LogP contribution >= 0.6 is 11.8 Å². The van der Waals surface area contributed by atoms with Crippen LogP contribution < -0.4 is 0 Å². The number of nitriles is 1. The minimum Gasteiger partial charge on any atom is -0.462 e. The Morgan fingerprint density at radius 1 is 1.48 bits per heavy atom. The predicted octanol–water partition coefficient (Wildman–Crippen LogP) is 2.69. The first kappa shape index (κ1) is 14.8. The second-order valence-corrected chi connectivity index (χ2v) is 4.65. The molecule has 0 amide bonds. The van der Waals surface area contributed by atoms with Crippen LogP contribution in [0.2, 0.25) is 0 Å². The van der Waals surface area contributed by atoms with Crippen molar-refractivity contribution in [2.75, 3.05) is 6.61 Å². The summed E-state index contributed by atoms with van der Waals surface area (Å²) >= 11 is 1.24. The molecule has 0 N–H and O–H groups in total. The zero-order valence-corrected chi connectivity index (χ0v) is 12.0. The van der Waals surface area contributed by atoms with Crippen LogP contribution in [0.15, 0.2) is 50.8 Å². The summed E-state index contributed by atoms with van der Waals surface area (Å²) < 4.78 is 10.3. The molecule has 0 unspecified atom stereocenters. The molecule has 2 aromatic rings. The normalized spacial score (nSPS) is 11.0. The minimum absolute atomic E-state index is 0.112. The van der Waals surface area contributed by atoms with Crippen molar-refractivity contribution in [1.29, 1.82) is 5.26 Å². The Morgan fingerprint density at radius 2 is 2.24 bits per heavy atom. The van der Waals surface area contributed by atoms with Crippen molar-refractivity contribution < 1.29 is 13.9 Å². The van der Waals surface area contributed by atoms with Gasteiger partial charge in [-0.3, -0.25) is 0 Å². The molecular formula is C14H11N3O3S. The summed E-state index contributed by atoms with van der Waals surface area (Å²) in [5, 5.41) is 10.1. The van der Waals surface area contributed by atoms with Crippen LogP contribution in [0.1, 0.15) is 12.7 Å². The van der Waals surface area contributed by atoms with Crippen LogP contribution in [-0.4, -0.2) is 22.5 Å². The van der Waals surface area contributed by atoms with Crippen molar-refractivity contribution in [1.82, 2.24) is 9.97 Å². The standard InChI is InChI=1S/C14H11N3O3S/c1-2-19-13(18)10(9-15)8-11-4-5-12(20-11)21-14-16-6-3-7-17-14/h3-8H,2H2,1H3/b10-8+. The van der Waals surface area contributed by atoms with Gasteiger partial charge < -0.3 is 9.15 Å². The Bertz CT molecular complexity index is 689. The molecule has 0 aliphatic rings. The first-order chi connectivity index (χ1) is 10.2. The quantitative estimate of drug-likeness (QED) is 0.363. The highest BCUT2D eigenvalue weighted by Gasteiger charge is 2.11. The maximum atomic E-state index is 11.5. The number of hydrogen-bond donors (Lipinski definition) is 0. The van der Waals surface area contributed by atoms with Crippen molar-refractivity contribution in [2.45, 2.75) is 17.2 Å². The second kappa shape index (κ2) is 7.26. The summed E-state index contributed by atoms with van der Waals surface area (Å²) in [6.07, 6.45) is 4.61. The smallest absolute Gasteiger partial charge is 0.349 e. The van der Waals surface area contributed by atoms with Crippen LogP contribution in [-0.2, 0) is 9.53 Å². The highest BCUT2D eigenvalue weighted by atomic mass is 32.2. The van der Waals surface area contributed by atoms with E-state index in [0.29, 0.717) is 16.0 Å². The van der Waals surface area contributed by atoms with Gasteiger partial charge in [-0.2, -0.15) is 5.26 Å². The molecule has 0 atom stereocenters. The first-order valence-electron chi connectivity index (χ1n) is 6.06. The van der Waals surface area contributed by atoms with Gasteiger partial charge in [-0.15, -0.1) is 0 Å². The average molecular weight is 301 g/mol. The fourth-order valence-corrected chi connectivity index (χ4v) is 2.06. The van der Waals surface area contributed by atoms with Gasteiger partial charge >= 0.3 is 5.97 Å². The van der Waals surface area contributed by atoms with Gasteiger partial charge in [0.25, 0.3) is 0 Å². The van der Waals surface area contributed by atoms with Crippen molar-refractivity contribution in [3.05, 3.63) is 41.9 Å². The molecule has 2 heterocycles. The number of furan rings is 1. The van der Waals surface area contributed by atoms with Crippen LogP contribution in [0.25, 0.3) is 6.08 Å². The molecule has 0 saturated heterocycles. The molecule has 0 aliphatic carbocycles.